The third kappa shape index (κ3) is 3.71. The predicted octanol–water partition coefficient (Wildman–Crippen LogP) is 4.86. The van der Waals surface area contributed by atoms with Crippen LogP contribution in [0.3, 0.4) is 0 Å². The van der Waals surface area contributed by atoms with Gasteiger partial charge in [0.25, 0.3) is 0 Å². The Morgan fingerprint density at radius 2 is 2.00 bits per heavy atom. The van der Waals surface area contributed by atoms with Gasteiger partial charge in [0.15, 0.2) is 0 Å². The highest BCUT2D eigenvalue weighted by molar-refractivity contribution is 7.98. The van der Waals surface area contributed by atoms with E-state index in [1.165, 1.54) is 29.5 Å². The molecule has 2 unspecified atom stereocenters. The number of benzene rings is 1. The molecule has 1 aromatic carbocycles. The maximum Gasteiger partial charge on any atom is 0.0670 e. The SMILES string of the molecule is Cc1nccc(-c2ccccc2)c1CSCC1CCC(C)O1. The van der Waals surface area contributed by atoms with Gasteiger partial charge in [0, 0.05) is 23.4 Å². The summed E-state index contributed by atoms with van der Waals surface area (Å²) >= 11 is 1.96. The first-order valence-corrected chi connectivity index (χ1v) is 9.12. The van der Waals surface area contributed by atoms with Crippen molar-refractivity contribution in [2.75, 3.05) is 5.75 Å². The van der Waals surface area contributed by atoms with Gasteiger partial charge >= 0.3 is 0 Å². The van der Waals surface area contributed by atoms with Crippen LogP contribution in [-0.2, 0) is 10.5 Å². The molecule has 1 fully saturated rings. The highest BCUT2D eigenvalue weighted by Gasteiger charge is 2.21. The lowest BCUT2D eigenvalue weighted by Gasteiger charge is -2.14. The number of ether oxygens (including phenoxy) is 1. The lowest BCUT2D eigenvalue weighted by molar-refractivity contribution is 0.0700. The third-order valence-corrected chi connectivity index (χ3v) is 5.33. The van der Waals surface area contributed by atoms with E-state index in [0.29, 0.717) is 12.2 Å². The third-order valence-electron chi connectivity index (χ3n) is 4.23. The molecule has 2 heterocycles. The summed E-state index contributed by atoms with van der Waals surface area (Å²) in [5.41, 5.74) is 5.06. The highest BCUT2D eigenvalue weighted by Crippen LogP contribution is 2.30. The number of hydrogen-bond acceptors (Lipinski definition) is 3. The van der Waals surface area contributed by atoms with Crippen LogP contribution in [0.15, 0.2) is 42.6 Å². The minimum atomic E-state index is 0.428. The average molecular weight is 313 g/mol. The molecule has 3 heteroatoms. The molecule has 1 saturated heterocycles. The maximum atomic E-state index is 5.91. The number of rotatable bonds is 5. The number of nitrogens with zero attached hydrogens (tertiary/aromatic N) is 1. The number of aryl methyl sites for hydroxylation is 1. The molecule has 0 amide bonds. The molecule has 0 radical (unpaired) electrons. The van der Waals surface area contributed by atoms with Crippen molar-refractivity contribution in [3.05, 3.63) is 53.9 Å². The molecular formula is C19H23NOS. The van der Waals surface area contributed by atoms with E-state index < -0.39 is 0 Å². The van der Waals surface area contributed by atoms with Crippen LogP contribution in [0.25, 0.3) is 11.1 Å². The minimum Gasteiger partial charge on any atom is -0.374 e. The van der Waals surface area contributed by atoms with Gasteiger partial charge < -0.3 is 4.74 Å². The van der Waals surface area contributed by atoms with E-state index in [-0.39, 0.29) is 0 Å². The molecule has 1 aliphatic heterocycles. The molecule has 0 N–H and O–H groups in total. The molecule has 0 saturated carbocycles. The van der Waals surface area contributed by atoms with Gasteiger partial charge in [-0.2, -0.15) is 11.8 Å². The molecular weight excluding hydrogens is 290 g/mol. The van der Waals surface area contributed by atoms with Crippen LogP contribution in [0.5, 0.6) is 0 Å². The monoisotopic (exact) mass is 313 g/mol. The van der Waals surface area contributed by atoms with Crippen molar-refractivity contribution in [3.63, 3.8) is 0 Å². The van der Waals surface area contributed by atoms with Gasteiger partial charge in [-0.05, 0) is 49.4 Å². The summed E-state index contributed by atoms with van der Waals surface area (Å²) < 4.78 is 5.91. The van der Waals surface area contributed by atoms with Crippen LogP contribution in [-0.4, -0.2) is 22.9 Å². The first-order chi connectivity index (χ1) is 10.7. The van der Waals surface area contributed by atoms with Crippen LogP contribution >= 0.6 is 11.8 Å². The van der Waals surface area contributed by atoms with Crippen LogP contribution in [0, 0.1) is 6.92 Å². The Labute approximate surface area is 137 Å². The van der Waals surface area contributed by atoms with Gasteiger partial charge in [-0.25, -0.2) is 0 Å². The Kier molecular flexibility index (Phi) is 5.16. The van der Waals surface area contributed by atoms with Gasteiger partial charge in [0.05, 0.1) is 12.2 Å². The largest absolute Gasteiger partial charge is 0.374 e. The summed E-state index contributed by atoms with van der Waals surface area (Å²) in [5.74, 6) is 2.07. The van der Waals surface area contributed by atoms with Gasteiger partial charge in [-0.3, -0.25) is 4.98 Å². The summed E-state index contributed by atoms with van der Waals surface area (Å²) in [6.07, 6.45) is 5.17. The molecule has 0 bridgehead atoms. The summed E-state index contributed by atoms with van der Waals surface area (Å²) in [4.78, 5) is 4.48. The lowest BCUT2D eigenvalue weighted by atomic mass is 10.0. The van der Waals surface area contributed by atoms with E-state index in [4.69, 9.17) is 4.74 Å². The zero-order valence-electron chi connectivity index (χ0n) is 13.3. The van der Waals surface area contributed by atoms with Gasteiger partial charge in [-0.1, -0.05) is 30.3 Å². The molecule has 1 aliphatic rings. The quantitative estimate of drug-likeness (QED) is 0.787. The lowest BCUT2D eigenvalue weighted by Crippen LogP contribution is -2.11. The normalized spacial score (nSPS) is 21.2. The summed E-state index contributed by atoms with van der Waals surface area (Å²) in [6.45, 7) is 4.28. The first-order valence-electron chi connectivity index (χ1n) is 7.97. The van der Waals surface area contributed by atoms with Crippen LogP contribution < -0.4 is 0 Å². The number of aromatic nitrogens is 1. The molecule has 1 aromatic heterocycles. The Hall–Kier alpha value is -1.32. The van der Waals surface area contributed by atoms with E-state index in [2.05, 4.69) is 55.2 Å². The standard InChI is InChI=1S/C19H23NOS/c1-14-8-9-17(21-14)12-22-13-19-15(2)20-11-10-18(19)16-6-4-3-5-7-16/h3-7,10-11,14,17H,8-9,12-13H2,1-2H3. The van der Waals surface area contributed by atoms with E-state index in [1.807, 2.05) is 18.0 Å². The molecule has 2 aromatic rings. The molecule has 2 atom stereocenters. The highest BCUT2D eigenvalue weighted by atomic mass is 32.2. The van der Waals surface area contributed by atoms with Crippen LogP contribution in [0.4, 0.5) is 0 Å². The Morgan fingerprint density at radius 1 is 1.18 bits per heavy atom. The van der Waals surface area contributed by atoms with E-state index in [9.17, 15) is 0 Å². The smallest absolute Gasteiger partial charge is 0.0670 e. The zero-order chi connectivity index (χ0) is 15.4. The first kappa shape index (κ1) is 15.6. The van der Waals surface area contributed by atoms with Crippen LogP contribution in [0.1, 0.15) is 31.0 Å². The van der Waals surface area contributed by atoms with Crippen molar-refractivity contribution in [1.29, 1.82) is 0 Å². The number of hydrogen-bond donors (Lipinski definition) is 0. The second kappa shape index (κ2) is 7.30. The number of pyridine rings is 1. The summed E-state index contributed by atoms with van der Waals surface area (Å²) in [6, 6.07) is 12.7. The summed E-state index contributed by atoms with van der Waals surface area (Å²) in [5, 5.41) is 0. The fraction of sp³-hybridized carbons (Fsp3) is 0.421. The van der Waals surface area contributed by atoms with Gasteiger partial charge in [0.2, 0.25) is 0 Å². The fourth-order valence-corrected chi connectivity index (χ4v) is 4.16. The Morgan fingerprint density at radius 3 is 2.73 bits per heavy atom. The molecule has 2 nitrogen and oxygen atoms in total. The second-order valence-electron chi connectivity index (χ2n) is 5.95. The van der Waals surface area contributed by atoms with Crippen molar-refractivity contribution in [1.82, 2.24) is 4.98 Å². The van der Waals surface area contributed by atoms with E-state index >= 15 is 0 Å². The topological polar surface area (TPSA) is 22.1 Å². The minimum absolute atomic E-state index is 0.428. The molecule has 3 rings (SSSR count). The Bertz CT molecular complexity index is 614. The number of thioether (sulfide) groups is 1. The van der Waals surface area contributed by atoms with Crippen molar-refractivity contribution >= 4 is 11.8 Å². The zero-order valence-corrected chi connectivity index (χ0v) is 14.1. The van der Waals surface area contributed by atoms with Gasteiger partial charge in [-0.15, -0.1) is 0 Å². The maximum absolute atomic E-state index is 5.91. The molecule has 0 spiro atoms. The fourth-order valence-electron chi connectivity index (χ4n) is 2.97. The van der Waals surface area contributed by atoms with E-state index in [0.717, 1.165) is 17.2 Å². The van der Waals surface area contributed by atoms with Crippen molar-refractivity contribution < 1.29 is 4.74 Å². The second-order valence-corrected chi connectivity index (χ2v) is 6.98. The van der Waals surface area contributed by atoms with Crippen molar-refractivity contribution in [2.24, 2.45) is 0 Å². The molecule has 0 aliphatic carbocycles. The van der Waals surface area contributed by atoms with Crippen LogP contribution in [0.2, 0.25) is 0 Å². The van der Waals surface area contributed by atoms with Crippen molar-refractivity contribution in [2.45, 2.75) is 44.6 Å². The van der Waals surface area contributed by atoms with Gasteiger partial charge in [0.1, 0.15) is 0 Å². The molecule has 22 heavy (non-hydrogen) atoms. The van der Waals surface area contributed by atoms with Crippen molar-refractivity contribution in [3.8, 4) is 11.1 Å². The molecule has 116 valence electrons. The Balaban J connectivity index is 1.70. The van der Waals surface area contributed by atoms with E-state index in [1.54, 1.807) is 0 Å². The average Bonchev–Trinajstić information content (AvgIpc) is 2.95. The predicted molar refractivity (Wildman–Crippen MR) is 94.1 cm³/mol. The summed E-state index contributed by atoms with van der Waals surface area (Å²) in [7, 11) is 0.